The van der Waals surface area contributed by atoms with Gasteiger partial charge in [-0.2, -0.15) is 0 Å². The van der Waals surface area contributed by atoms with Gasteiger partial charge in [0.2, 0.25) is 0 Å². The zero-order valence-electron chi connectivity index (χ0n) is 48.2. The van der Waals surface area contributed by atoms with E-state index in [1.807, 2.05) is 20.9 Å². The van der Waals surface area contributed by atoms with Crippen molar-refractivity contribution in [1.29, 1.82) is 0 Å². The van der Waals surface area contributed by atoms with Crippen molar-refractivity contribution in [2.45, 2.75) is 218 Å². The Morgan fingerprint density at radius 3 is 2.42 bits per heavy atom. The third-order valence-corrected chi connectivity index (χ3v) is 25.5. The Balaban J connectivity index is 0.947. The van der Waals surface area contributed by atoms with Crippen LogP contribution in [-0.4, -0.2) is 92.1 Å². The van der Waals surface area contributed by atoms with Crippen LogP contribution in [0.4, 0.5) is 0 Å². The highest BCUT2D eigenvalue weighted by atomic mass is 16.6. The highest BCUT2D eigenvalue weighted by Gasteiger charge is 2.80. The first-order valence-electron chi connectivity index (χ1n) is 31.0. The molecule has 0 radical (unpaired) electrons. The third-order valence-electron chi connectivity index (χ3n) is 25.5. The molecule has 4 aromatic rings. The number of Topliss-reactive ketones (excluding diaryl/α,β-unsaturated/α-hetero) is 2. The minimum Gasteiger partial charge on any atom is -0.392 e. The number of carbonyl (C=O) groups is 2. The summed E-state index contributed by atoms with van der Waals surface area (Å²) in [7, 11) is 2.00. The second kappa shape index (κ2) is 17.6. The molecule has 420 valence electrons. The zero-order chi connectivity index (χ0) is 54.3. The van der Waals surface area contributed by atoms with Gasteiger partial charge in [0.1, 0.15) is 11.9 Å². The molecule has 14 rings (SSSR count). The highest BCUT2D eigenvalue weighted by Crippen LogP contribution is 2.83. The fourth-order valence-electron chi connectivity index (χ4n) is 21.5. The number of epoxide rings is 1. The van der Waals surface area contributed by atoms with Crippen LogP contribution in [0.2, 0.25) is 0 Å². The molecule has 14 unspecified atom stereocenters. The van der Waals surface area contributed by atoms with E-state index in [1.54, 1.807) is 0 Å². The molecule has 14 atom stereocenters. The molecule has 11 nitrogen and oxygen atoms in total. The number of benzene rings is 1. The van der Waals surface area contributed by atoms with Crippen LogP contribution in [0, 0.1) is 50.2 Å². The number of H-pyrrole nitrogens is 2. The monoisotopic (exact) mass is 1060 g/mol. The maximum Gasteiger partial charge on any atom is 0.160 e. The number of hydrogen-bond donors (Lipinski definition) is 6. The van der Waals surface area contributed by atoms with Gasteiger partial charge in [0.15, 0.2) is 5.78 Å². The van der Waals surface area contributed by atoms with E-state index in [2.05, 4.69) is 97.3 Å². The molecule has 2 bridgehead atoms. The fraction of sp³-hybridized carbons (Fsp3) is 0.701. The summed E-state index contributed by atoms with van der Waals surface area (Å²) in [6.07, 6.45) is 20.3. The largest absolute Gasteiger partial charge is 0.392 e. The molecule has 5 saturated carbocycles. The summed E-state index contributed by atoms with van der Waals surface area (Å²) in [5.41, 5.74) is 8.18. The summed E-state index contributed by atoms with van der Waals surface area (Å²) in [4.78, 5) is 39.3. The lowest BCUT2D eigenvalue weighted by atomic mass is 9.28. The van der Waals surface area contributed by atoms with E-state index < -0.39 is 56.4 Å². The second-order valence-corrected chi connectivity index (χ2v) is 29.5. The van der Waals surface area contributed by atoms with Crippen molar-refractivity contribution in [2.75, 3.05) is 26.8 Å². The van der Waals surface area contributed by atoms with Crippen molar-refractivity contribution in [3.63, 3.8) is 0 Å². The third kappa shape index (κ3) is 7.02. The highest BCUT2D eigenvalue weighted by molar-refractivity contribution is 6.02. The predicted octanol–water partition coefficient (Wildman–Crippen LogP) is 11.4. The molecule has 6 N–H and O–H groups in total. The number of ether oxygens (including phenoxy) is 2. The summed E-state index contributed by atoms with van der Waals surface area (Å²) >= 11 is 0. The molecule has 1 aromatic carbocycles. The van der Waals surface area contributed by atoms with Gasteiger partial charge in [-0.15, -0.1) is 0 Å². The molecule has 0 amide bonds. The van der Waals surface area contributed by atoms with Crippen molar-refractivity contribution >= 4 is 22.6 Å². The van der Waals surface area contributed by atoms with Gasteiger partial charge in [-0.1, -0.05) is 72.1 Å². The summed E-state index contributed by atoms with van der Waals surface area (Å²) in [6.45, 7) is 18.5. The number of aromatic amines is 2. The van der Waals surface area contributed by atoms with Crippen LogP contribution in [0.1, 0.15) is 208 Å². The van der Waals surface area contributed by atoms with E-state index in [9.17, 15) is 15.3 Å². The lowest BCUT2D eigenvalue weighted by Crippen LogP contribution is -2.74. The van der Waals surface area contributed by atoms with E-state index >= 15 is 9.59 Å². The van der Waals surface area contributed by atoms with Gasteiger partial charge in [0.05, 0.1) is 40.4 Å². The quantitative estimate of drug-likeness (QED) is 0.0855. The molecule has 3 aromatic heterocycles. The average Bonchev–Trinajstić information content (AvgIpc) is 1.45. The van der Waals surface area contributed by atoms with E-state index in [4.69, 9.17) is 9.47 Å². The smallest absolute Gasteiger partial charge is 0.160 e. The number of nitrogens with zero attached hydrogens (tertiary/aromatic N) is 1. The molecular weight excluding hydrogens is 973 g/mol. The summed E-state index contributed by atoms with van der Waals surface area (Å²) in [5, 5.41) is 42.6. The Labute approximate surface area is 462 Å². The molecule has 2 saturated heterocycles. The lowest BCUT2D eigenvalue weighted by molar-refractivity contribution is -0.267. The first-order valence-corrected chi connectivity index (χ1v) is 31.0. The van der Waals surface area contributed by atoms with Crippen LogP contribution in [0.25, 0.3) is 11.0 Å². The number of fused-ring (bicyclic) bond motifs is 8. The Kier molecular flexibility index (Phi) is 11.8. The van der Waals surface area contributed by atoms with E-state index in [0.29, 0.717) is 75.9 Å². The van der Waals surface area contributed by atoms with Crippen molar-refractivity contribution < 1.29 is 34.4 Å². The Bertz CT molecular complexity index is 3130. The number of nitrogens with one attached hydrogen (secondary N) is 3. The minimum atomic E-state index is -0.928. The number of aliphatic hydroxyl groups excluding tert-OH is 2. The van der Waals surface area contributed by atoms with Gasteiger partial charge in [-0.25, -0.2) is 0 Å². The Hall–Kier alpha value is -3.84. The average molecular weight is 1060 g/mol. The van der Waals surface area contributed by atoms with Crippen LogP contribution in [0.3, 0.4) is 0 Å². The standard InChI is InChI=1S/C67H90N4O7/c1-60(2)59(78-60)48(73)33-61(3)18-14-41-35-70-54-43(29-38-28-42(39-12-10-9-11-13-39)31-44(30-38)67(76)22-26-77-27-23-67)36-71(55(41)54)37-46-50-52(61)47(72)34-64(50,6)63(5)19-16-49-62(4,21-25-68-8)58(75)51-45-17-24-69-53(45)40-15-20-66(51,32-40)65(49,7)57(63)56(46)74/h17,24,28,30-31,35-36,39-40,46,48-49,51,56-57,59,68-70,73-74,76H,9-16,18-23,25-27,29,32-34,37H2,1-8H3. The molecule has 11 heteroatoms. The molecule has 3 aliphatic heterocycles. The second-order valence-electron chi connectivity index (χ2n) is 29.5. The minimum absolute atomic E-state index is 0.0521. The van der Waals surface area contributed by atoms with Gasteiger partial charge >= 0.3 is 0 Å². The van der Waals surface area contributed by atoms with Crippen molar-refractivity contribution in [1.82, 2.24) is 19.9 Å². The number of ketones is 2. The lowest BCUT2D eigenvalue weighted by Gasteiger charge is -2.76. The molecular formula is C67H90N4O7. The van der Waals surface area contributed by atoms with E-state index in [-0.39, 0.29) is 35.1 Å². The van der Waals surface area contributed by atoms with E-state index in [1.165, 1.54) is 71.1 Å². The van der Waals surface area contributed by atoms with Crippen molar-refractivity contribution in [3.8, 4) is 0 Å². The topological polar surface area (TPSA) is 165 Å². The number of hydrogen-bond acceptors (Lipinski definition) is 8. The van der Waals surface area contributed by atoms with E-state index in [0.717, 1.165) is 73.7 Å². The van der Waals surface area contributed by atoms with Gasteiger partial charge in [0.25, 0.3) is 0 Å². The Morgan fingerprint density at radius 1 is 0.910 bits per heavy atom. The summed E-state index contributed by atoms with van der Waals surface area (Å²) < 4.78 is 14.4. The normalized spacial score (nSPS) is 40.8. The molecule has 1 spiro atoms. The predicted molar refractivity (Wildman–Crippen MR) is 302 cm³/mol. The zero-order valence-corrected chi connectivity index (χ0v) is 48.2. The molecule has 78 heavy (non-hydrogen) atoms. The Morgan fingerprint density at radius 2 is 1.68 bits per heavy atom. The van der Waals surface area contributed by atoms with Crippen molar-refractivity contribution in [3.05, 3.63) is 93.1 Å². The van der Waals surface area contributed by atoms with Crippen molar-refractivity contribution in [2.24, 2.45) is 50.2 Å². The number of allylic oxidation sites excluding steroid dienone is 1. The maximum atomic E-state index is 16.0. The number of carbonyl (C=O) groups excluding carboxylic acids is 2. The molecule has 6 heterocycles. The first-order chi connectivity index (χ1) is 37.1. The SMILES string of the molecule is CNCCC1(C)C(=O)C2c3cc[nH]c3C3CCC2(C3)C2(C)C1CCC1(C)C2C(O)C2Cn3cc(Cc4cc(C5CCCCC5)cc(C5(O)CCOCC5)c4)c4[nH]cc(c43)CCC(C)(CC(O)C3OC3(C)C)C3=C2C1(C)CC3=O. The van der Waals surface area contributed by atoms with Crippen LogP contribution >= 0.6 is 0 Å². The van der Waals surface area contributed by atoms with Gasteiger partial charge < -0.3 is 44.6 Å². The molecule has 7 aliphatic carbocycles. The number of aromatic nitrogens is 3. The van der Waals surface area contributed by atoms with Gasteiger partial charge in [-0.05, 0) is 188 Å². The van der Waals surface area contributed by atoms with Crippen LogP contribution < -0.4 is 5.32 Å². The van der Waals surface area contributed by atoms with Crippen LogP contribution in [-0.2, 0) is 44.1 Å². The fourth-order valence-corrected chi connectivity index (χ4v) is 21.5. The summed E-state index contributed by atoms with van der Waals surface area (Å²) in [6, 6.07) is 9.26. The van der Waals surface area contributed by atoms with Gasteiger partial charge in [0, 0.05) is 92.0 Å². The number of aryl methyl sites for hydroxylation is 1. The molecule has 7 fully saturated rings. The van der Waals surface area contributed by atoms with Gasteiger partial charge in [-0.3, -0.25) is 9.59 Å². The summed E-state index contributed by atoms with van der Waals surface area (Å²) in [5.74, 6) is 0.593. The van der Waals surface area contributed by atoms with Crippen LogP contribution in [0.15, 0.2) is 54.0 Å². The van der Waals surface area contributed by atoms with Crippen LogP contribution in [0.5, 0.6) is 0 Å². The first kappa shape index (κ1) is 52.2. The number of rotatable bonds is 10. The number of aliphatic hydroxyl groups is 3. The maximum absolute atomic E-state index is 16.0. The molecule has 10 aliphatic rings.